The minimum absolute atomic E-state index is 0.106. The summed E-state index contributed by atoms with van der Waals surface area (Å²) >= 11 is 0. The minimum atomic E-state index is -1.55. The molecule has 1 rings (SSSR count). The van der Waals surface area contributed by atoms with Crippen molar-refractivity contribution in [2.24, 2.45) is 0 Å². The first kappa shape index (κ1) is 26.7. The van der Waals surface area contributed by atoms with E-state index in [9.17, 15) is 4.79 Å². The average molecular weight is 455 g/mol. The van der Waals surface area contributed by atoms with Crippen LogP contribution in [0.5, 0.6) is 5.75 Å². The van der Waals surface area contributed by atoms with Crippen LogP contribution in [-0.4, -0.2) is 55.1 Å². The Hall–Kier alpha value is -1.36. The number of hydrogen-bond acceptors (Lipinski definition) is 5. The molecule has 0 aliphatic rings. The van der Waals surface area contributed by atoms with E-state index in [1.165, 1.54) is 0 Å². The summed E-state index contributed by atoms with van der Waals surface area (Å²) in [5.74, 6) is 0.539. The largest absolute Gasteiger partial charge is 0.416 e. The first-order chi connectivity index (χ1) is 13.9. The van der Waals surface area contributed by atoms with Crippen LogP contribution in [0.3, 0.4) is 0 Å². The second kappa shape index (κ2) is 12.5. The van der Waals surface area contributed by atoms with Crippen LogP contribution < -0.4 is 15.0 Å². The Labute approximate surface area is 185 Å². The molecule has 0 spiro atoms. The lowest BCUT2D eigenvalue weighted by Gasteiger charge is -2.28. The van der Waals surface area contributed by atoms with Gasteiger partial charge in [-0.05, 0) is 76.9 Å². The van der Waals surface area contributed by atoms with Gasteiger partial charge in [-0.2, -0.15) is 0 Å². The maximum Gasteiger partial charge on any atom is 0.412 e. The van der Waals surface area contributed by atoms with E-state index >= 15 is 0 Å². The number of nitrogens with zero attached hydrogens (tertiary/aromatic N) is 1. The monoisotopic (exact) mass is 454 g/mol. The van der Waals surface area contributed by atoms with Gasteiger partial charge in [0.2, 0.25) is 0 Å². The van der Waals surface area contributed by atoms with Crippen LogP contribution in [0.15, 0.2) is 24.3 Å². The molecule has 1 atom stereocenters. The molecule has 30 heavy (non-hydrogen) atoms. The Morgan fingerprint density at radius 2 is 1.47 bits per heavy atom. The molecule has 0 aliphatic heterocycles. The molecule has 0 saturated heterocycles. The summed E-state index contributed by atoms with van der Waals surface area (Å²) in [4.78, 5) is 14.3. The third kappa shape index (κ3) is 12.4. The van der Waals surface area contributed by atoms with Crippen LogP contribution in [0.2, 0.25) is 39.3 Å². The fourth-order valence-corrected chi connectivity index (χ4v) is 4.27. The molecule has 8 heteroatoms. The van der Waals surface area contributed by atoms with Crippen LogP contribution in [0, 0.1) is 0 Å². The number of rotatable bonds is 13. The molecule has 1 amide bonds. The molecule has 0 bridgehead atoms. The summed E-state index contributed by atoms with van der Waals surface area (Å²) in [5, 5.41) is 2.85. The molecular formula is C22H42N2O4Si2. The third-order valence-corrected chi connectivity index (χ3v) is 6.43. The lowest BCUT2D eigenvalue weighted by molar-refractivity contribution is 0.196. The van der Waals surface area contributed by atoms with Gasteiger partial charge in [-0.1, -0.05) is 13.3 Å². The normalized spacial score (nSPS) is 13.1. The fraction of sp³-hybridized carbons (Fsp3) is 0.682. The molecule has 0 saturated carbocycles. The van der Waals surface area contributed by atoms with Crippen molar-refractivity contribution in [3.05, 3.63) is 24.3 Å². The number of carbonyl (C=O) groups is 1. The molecule has 1 unspecified atom stereocenters. The van der Waals surface area contributed by atoms with E-state index in [2.05, 4.69) is 56.4 Å². The van der Waals surface area contributed by atoms with Gasteiger partial charge in [-0.3, -0.25) is 0 Å². The highest BCUT2D eigenvalue weighted by molar-refractivity contribution is 6.70. The van der Waals surface area contributed by atoms with Crippen molar-refractivity contribution in [2.45, 2.75) is 72.0 Å². The fourth-order valence-electron chi connectivity index (χ4n) is 2.86. The summed E-state index contributed by atoms with van der Waals surface area (Å²) in [7, 11) is -3.10. The molecule has 0 radical (unpaired) electrons. The molecule has 0 heterocycles. The predicted octanol–water partition coefficient (Wildman–Crippen LogP) is 5.47. The Morgan fingerprint density at radius 1 is 0.967 bits per heavy atom. The Kier molecular flexibility index (Phi) is 11.1. The number of amides is 1. The lowest BCUT2D eigenvalue weighted by Crippen LogP contribution is -2.37. The molecular weight excluding hydrogens is 412 g/mol. The van der Waals surface area contributed by atoms with Crippen LogP contribution in [-0.2, 0) is 8.85 Å². The topological polar surface area (TPSA) is 60.0 Å². The summed E-state index contributed by atoms with van der Waals surface area (Å²) in [6.07, 6.45) is 1.55. The standard InChI is InChI=1S/C22H42N2O4Si2/c1-9-10-19(2)23-22(25)28-21-13-11-20(12-14-21)24(15-17-26-29(3,4)5)16-18-27-30(6,7)8/h11-14,19H,9-10,15-18H2,1-8H3,(H,23,25). The van der Waals surface area contributed by atoms with Crippen LogP contribution in [0.25, 0.3) is 0 Å². The van der Waals surface area contributed by atoms with Crippen molar-refractivity contribution < 1.29 is 18.4 Å². The van der Waals surface area contributed by atoms with E-state index < -0.39 is 22.7 Å². The van der Waals surface area contributed by atoms with Gasteiger partial charge < -0.3 is 23.8 Å². The van der Waals surface area contributed by atoms with Gasteiger partial charge in [0, 0.05) is 24.8 Å². The molecule has 0 aliphatic carbocycles. The molecule has 1 aromatic rings. The minimum Gasteiger partial charge on any atom is -0.416 e. The van der Waals surface area contributed by atoms with E-state index in [0.29, 0.717) is 19.0 Å². The number of nitrogens with one attached hydrogen (secondary N) is 1. The molecule has 1 aromatic carbocycles. The first-order valence-electron chi connectivity index (χ1n) is 11.0. The molecule has 1 N–H and O–H groups in total. The number of hydrogen-bond donors (Lipinski definition) is 1. The second-order valence-electron chi connectivity index (χ2n) is 9.63. The summed E-state index contributed by atoms with van der Waals surface area (Å²) < 4.78 is 17.5. The van der Waals surface area contributed by atoms with Crippen molar-refractivity contribution in [1.82, 2.24) is 5.32 Å². The van der Waals surface area contributed by atoms with Crippen molar-refractivity contribution in [2.75, 3.05) is 31.2 Å². The maximum atomic E-state index is 12.0. The zero-order chi connectivity index (χ0) is 22.8. The summed E-state index contributed by atoms with van der Waals surface area (Å²) in [6, 6.07) is 7.76. The van der Waals surface area contributed by atoms with E-state index in [1.807, 2.05) is 31.2 Å². The molecule has 6 nitrogen and oxygen atoms in total. The van der Waals surface area contributed by atoms with Crippen LogP contribution in [0.4, 0.5) is 10.5 Å². The van der Waals surface area contributed by atoms with Crippen molar-refractivity contribution >= 4 is 28.4 Å². The third-order valence-electron chi connectivity index (χ3n) is 4.29. The number of ether oxygens (including phenoxy) is 1. The second-order valence-corrected chi connectivity index (χ2v) is 18.7. The summed E-state index contributed by atoms with van der Waals surface area (Å²) in [6.45, 7) is 20.3. The molecule has 0 fully saturated rings. The predicted molar refractivity (Wildman–Crippen MR) is 131 cm³/mol. The number of carbonyl (C=O) groups excluding carboxylic acids is 1. The van der Waals surface area contributed by atoms with E-state index in [4.69, 9.17) is 13.6 Å². The van der Waals surface area contributed by atoms with Gasteiger partial charge in [0.15, 0.2) is 16.6 Å². The van der Waals surface area contributed by atoms with E-state index in [-0.39, 0.29) is 6.04 Å². The Balaban J connectivity index is 2.71. The smallest absolute Gasteiger partial charge is 0.412 e. The Bertz CT molecular complexity index is 608. The van der Waals surface area contributed by atoms with Gasteiger partial charge in [-0.25, -0.2) is 4.79 Å². The first-order valence-corrected chi connectivity index (χ1v) is 17.8. The van der Waals surface area contributed by atoms with Crippen molar-refractivity contribution in [3.63, 3.8) is 0 Å². The number of anilines is 1. The zero-order valence-corrected chi connectivity index (χ0v) is 22.2. The highest BCUT2D eigenvalue weighted by Gasteiger charge is 2.17. The summed E-state index contributed by atoms with van der Waals surface area (Å²) in [5.41, 5.74) is 1.07. The Morgan fingerprint density at radius 3 is 1.90 bits per heavy atom. The van der Waals surface area contributed by atoms with E-state index in [1.54, 1.807) is 0 Å². The highest BCUT2D eigenvalue weighted by Crippen LogP contribution is 2.20. The highest BCUT2D eigenvalue weighted by atomic mass is 28.4. The van der Waals surface area contributed by atoms with Gasteiger partial charge in [0.1, 0.15) is 5.75 Å². The SMILES string of the molecule is CCCC(C)NC(=O)Oc1ccc(N(CCO[Si](C)(C)C)CCO[Si](C)(C)C)cc1. The quantitative estimate of drug-likeness (QED) is 0.400. The van der Waals surface area contributed by atoms with Crippen molar-refractivity contribution in [3.8, 4) is 5.75 Å². The average Bonchev–Trinajstić information content (AvgIpc) is 2.59. The maximum absolute atomic E-state index is 12.0. The van der Waals surface area contributed by atoms with Gasteiger partial charge in [-0.15, -0.1) is 0 Å². The lowest BCUT2D eigenvalue weighted by atomic mass is 10.2. The molecule has 0 aromatic heterocycles. The van der Waals surface area contributed by atoms with Gasteiger partial charge >= 0.3 is 6.09 Å². The number of benzene rings is 1. The van der Waals surface area contributed by atoms with Gasteiger partial charge in [0.25, 0.3) is 0 Å². The molecule has 172 valence electrons. The zero-order valence-electron chi connectivity index (χ0n) is 20.2. The van der Waals surface area contributed by atoms with E-state index in [0.717, 1.165) is 31.6 Å². The van der Waals surface area contributed by atoms with Gasteiger partial charge in [0.05, 0.1) is 13.2 Å². The van der Waals surface area contributed by atoms with Crippen molar-refractivity contribution in [1.29, 1.82) is 0 Å². The van der Waals surface area contributed by atoms with Crippen LogP contribution >= 0.6 is 0 Å². The van der Waals surface area contributed by atoms with Crippen LogP contribution in [0.1, 0.15) is 26.7 Å².